The van der Waals surface area contributed by atoms with Crippen LogP contribution in [0.25, 0.3) is 10.6 Å². The fourth-order valence-electron chi connectivity index (χ4n) is 2.08. The fourth-order valence-corrected chi connectivity index (χ4v) is 5.50. The monoisotopic (exact) mass is 398 g/mol. The molecule has 126 valence electrons. The predicted octanol–water partition coefficient (Wildman–Crippen LogP) is 4.35. The molecule has 8 heteroatoms. The van der Waals surface area contributed by atoms with Crippen molar-refractivity contribution in [1.82, 2.24) is 9.71 Å². The second-order valence-electron chi connectivity index (χ2n) is 5.22. The van der Waals surface area contributed by atoms with Gasteiger partial charge in [0.1, 0.15) is 9.22 Å². The SMILES string of the molecule is Cc1ccc(-c2nc(CCNS(=O)(=O)c3ccc(Cl)s3)cs2)cc1. The van der Waals surface area contributed by atoms with Crippen LogP contribution in [0.15, 0.2) is 46.0 Å². The Hall–Kier alpha value is -1.25. The van der Waals surface area contributed by atoms with E-state index in [1.165, 1.54) is 11.6 Å². The third-order valence-corrected chi connectivity index (χ3v) is 7.46. The minimum atomic E-state index is -3.50. The molecule has 0 aliphatic heterocycles. The number of halogens is 1. The molecule has 0 aliphatic rings. The lowest BCUT2D eigenvalue weighted by atomic mass is 10.2. The predicted molar refractivity (Wildman–Crippen MR) is 101 cm³/mol. The molecule has 1 aromatic carbocycles. The molecule has 0 amide bonds. The van der Waals surface area contributed by atoms with Crippen LogP contribution < -0.4 is 4.72 Å². The Labute approximate surface area is 154 Å². The largest absolute Gasteiger partial charge is 0.250 e. The Balaban J connectivity index is 1.61. The molecule has 0 saturated carbocycles. The summed E-state index contributed by atoms with van der Waals surface area (Å²) in [5.41, 5.74) is 3.16. The molecule has 24 heavy (non-hydrogen) atoms. The standard InChI is InChI=1S/C16H15ClN2O2S3/c1-11-2-4-12(5-3-11)16-19-13(10-22-16)8-9-18-24(20,21)15-7-6-14(17)23-15/h2-7,10,18H,8-9H2,1H3. The maximum Gasteiger partial charge on any atom is 0.250 e. The molecule has 0 aliphatic carbocycles. The van der Waals surface area contributed by atoms with Crippen molar-refractivity contribution in [2.24, 2.45) is 0 Å². The Bertz CT molecular complexity index is 930. The van der Waals surface area contributed by atoms with E-state index in [2.05, 4.69) is 21.8 Å². The van der Waals surface area contributed by atoms with Crippen molar-refractivity contribution in [1.29, 1.82) is 0 Å². The first kappa shape index (κ1) is 17.6. The number of sulfonamides is 1. The average molecular weight is 399 g/mol. The molecule has 0 fully saturated rings. The van der Waals surface area contributed by atoms with Crippen LogP contribution in [0.5, 0.6) is 0 Å². The van der Waals surface area contributed by atoms with Crippen LogP contribution >= 0.6 is 34.3 Å². The van der Waals surface area contributed by atoms with E-state index in [1.807, 2.05) is 24.4 Å². The van der Waals surface area contributed by atoms with E-state index in [4.69, 9.17) is 11.6 Å². The van der Waals surface area contributed by atoms with E-state index in [9.17, 15) is 8.42 Å². The van der Waals surface area contributed by atoms with Crippen molar-refractivity contribution in [2.45, 2.75) is 17.6 Å². The van der Waals surface area contributed by atoms with Crippen LogP contribution in [0.3, 0.4) is 0 Å². The first-order valence-corrected chi connectivity index (χ1v) is 10.8. The maximum atomic E-state index is 12.1. The summed E-state index contributed by atoms with van der Waals surface area (Å²) in [6.07, 6.45) is 0.542. The summed E-state index contributed by atoms with van der Waals surface area (Å²) in [5.74, 6) is 0. The van der Waals surface area contributed by atoms with Gasteiger partial charge in [0, 0.05) is 23.9 Å². The molecular formula is C16H15ClN2O2S3. The lowest BCUT2D eigenvalue weighted by molar-refractivity contribution is 0.583. The third-order valence-electron chi connectivity index (χ3n) is 3.34. The molecule has 1 N–H and O–H groups in total. The maximum absolute atomic E-state index is 12.1. The van der Waals surface area contributed by atoms with Gasteiger partial charge in [-0.15, -0.1) is 22.7 Å². The van der Waals surface area contributed by atoms with Crippen LogP contribution in [-0.2, 0) is 16.4 Å². The summed E-state index contributed by atoms with van der Waals surface area (Å²) in [5, 5.41) is 2.91. The first-order valence-electron chi connectivity index (χ1n) is 7.20. The van der Waals surface area contributed by atoms with Gasteiger partial charge in [0.25, 0.3) is 0 Å². The van der Waals surface area contributed by atoms with Crippen molar-refractivity contribution in [2.75, 3.05) is 6.54 Å². The number of nitrogens with zero attached hydrogens (tertiary/aromatic N) is 1. The average Bonchev–Trinajstić information content (AvgIpc) is 3.17. The smallest absolute Gasteiger partial charge is 0.241 e. The zero-order valence-electron chi connectivity index (χ0n) is 12.8. The molecule has 0 radical (unpaired) electrons. The number of thiophene rings is 1. The van der Waals surface area contributed by atoms with Crippen LogP contribution in [0.1, 0.15) is 11.3 Å². The summed E-state index contributed by atoms with van der Waals surface area (Å²) >= 11 is 8.39. The second-order valence-corrected chi connectivity index (χ2v) is 9.78. The summed E-state index contributed by atoms with van der Waals surface area (Å²) in [7, 11) is -3.50. The normalized spacial score (nSPS) is 11.8. The van der Waals surface area contributed by atoms with Crippen LogP contribution in [0, 0.1) is 6.92 Å². The molecule has 0 saturated heterocycles. The molecule has 3 aromatic rings. The lowest BCUT2D eigenvalue weighted by Crippen LogP contribution is -2.25. The number of aryl methyl sites for hydroxylation is 1. The highest BCUT2D eigenvalue weighted by Crippen LogP contribution is 2.26. The van der Waals surface area contributed by atoms with Gasteiger partial charge in [0.15, 0.2) is 0 Å². The molecular weight excluding hydrogens is 384 g/mol. The van der Waals surface area contributed by atoms with Gasteiger partial charge in [-0.1, -0.05) is 41.4 Å². The van der Waals surface area contributed by atoms with Gasteiger partial charge < -0.3 is 0 Å². The number of nitrogens with one attached hydrogen (secondary N) is 1. The molecule has 0 atom stereocenters. The second kappa shape index (κ2) is 7.33. The highest BCUT2D eigenvalue weighted by atomic mass is 35.5. The number of hydrogen-bond donors (Lipinski definition) is 1. The third kappa shape index (κ3) is 4.23. The van der Waals surface area contributed by atoms with E-state index >= 15 is 0 Å². The van der Waals surface area contributed by atoms with Crippen molar-refractivity contribution in [3.05, 3.63) is 57.4 Å². The lowest BCUT2D eigenvalue weighted by Gasteiger charge is -2.03. The van der Waals surface area contributed by atoms with E-state index in [1.54, 1.807) is 17.4 Å². The Morgan fingerprint density at radius 3 is 2.58 bits per heavy atom. The summed E-state index contributed by atoms with van der Waals surface area (Å²) in [4.78, 5) is 4.57. The molecule has 2 aromatic heterocycles. The van der Waals surface area contributed by atoms with Crippen LogP contribution in [0.2, 0.25) is 4.34 Å². The van der Waals surface area contributed by atoms with Crippen molar-refractivity contribution < 1.29 is 8.42 Å². The van der Waals surface area contributed by atoms with Crippen LogP contribution in [-0.4, -0.2) is 19.9 Å². The van der Waals surface area contributed by atoms with Gasteiger partial charge in [-0.3, -0.25) is 0 Å². The highest BCUT2D eigenvalue weighted by Gasteiger charge is 2.16. The first-order chi connectivity index (χ1) is 11.4. The minimum Gasteiger partial charge on any atom is -0.241 e. The fraction of sp³-hybridized carbons (Fsp3) is 0.188. The Morgan fingerprint density at radius 1 is 1.17 bits per heavy atom. The highest BCUT2D eigenvalue weighted by molar-refractivity contribution is 7.91. The minimum absolute atomic E-state index is 0.228. The molecule has 0 spiro atoms. The van der Waals surface area contributed by atoms with Gasteiger partial charge in [-0.2, -0.15) is 0 Å². The Morgan fingerprint density at radius 2 is 1.92 bits per heavy atom. The quantitative estimate of drug-likeness (QED) is 0.671. The van der Waals surface area contributed by atoms with E-state index in [-0.39, 0.29) is 4.21 Å². The zero-order valence-corrected chi connectivity index (χ0v) is 16.0. The van der Waals surface area contributed by atoms with Gasteiger partial charge in [0.05, 0.1) is 10.0 Å². The molecule has 0 bridgehead atoms. The molecule has 0 unspecified atom stereocenters. The number of rotatable bonds is 6. The van der Waals surface area contributed by atoms with E-state index in [0.29, 0.717) is 17.3 Å². The number of thiazole rings is 1. The van der Waals surface area contributed by atoms with Gasteiger partial charge in [0.2, 0.25) is 10.0 Å². The van der Waals surface area contributed by atoms with E-state index < -0.39 is 10.0 Å². The zero-order chi connectivity index (χ0) is 17.2. The van der Waals surface area contributed by atoms with Crippen molar-refractivity contribution in [3.8, 4) is 10.6 Å². The summed E-state index contributed by atoms with van der Waals surface area (Å²) in [6.45, 7) is 2.35. The topological polar surface area (TPSA) is 59.1 Å². The number of aromatic nitrogens is 1. The number of benzene rings is 1. The van der Waals surface area contributed by atoms with Gasteiger partial charge >= 0.3 is 0 Å². The van der Waals surface area contributed by atoms with Crippen molar-refractivity contribution in [3.63, 3.8) is 0 Å². The Kier molecular flexibility index (Phi) is 5.36. The van der Waals surface area contributed by atoms with Crippen LogP contribution in [0.4, 0.5) is 0 Å². The van der Waals surface area contributed by atoms with Gasteiger partial charge in [-0.25, -0.2) is 18.1 Å². The summed E-state index contributed by atoms with van der Waals surface area (Å²) in [6, 6.07) is 11.3. The molecule has 4 nitrogen and oxygen atoms in total. The van der Waals surface area contributed by atoms with Gasteiger partial charge in [-0.05, 0) is 19.1 Å². The number of hydrogen-bond acceptors (Lipinski definition) is 5. The van der Waals surface area contributed by atoms with Crippen molar-refractivity contribution >= 4 is 44.3 Å². The summed E-state index contributed by atoms with van der Waals surface area (Å²) < 4.78 is 27.5. The molecule has 2 heterocycles. The molecule has 3 rings (SSSR count). The van der Waals surface area contributed by atoms with E-state index in [0.717, 1.165) is 27.6 Å².